The summed E-state index contributed by atoms with van der Waals surface area (Å²) in [6.07, 6.45) is 0.882. The number of carbonyl (C=O) groups excluding carboxylic acids is 1. The van der Waals surface area contributed by atoms with E-state index in [4.69, 9.17) is 4.74 Å². The second-order valence-electron chi connectivity index (χ2n) is 6.01. The second-order valence-corrected chi connectivity index (χ2v) is 6.01. The quantitative estimate of drug-likeness (QED) is 0.740. The third-order valence-electron chi connectivity index (χ3n) is 4.21. The molecule has 6 nitrogen and oxygen atoms in total. The average molecular weight is 351 g/mol. The third-order valence-corrected chi connectivity index (χ3v) is 4.21. The average Bonchev–Trinajstić information content (AvgIpc) is 2.65. The molecule has 0 aliphatic carbocycles. The Morgan fingerprint density at radius 2 is 1.88 bits per heavy atom. The van der Waals surface area contributed by atoms with Crippen molar-refractivity contribution in [3.8, 4) is 5.75 Å². The molecule has 0 bridgehead atoms. The molecule has 0 fully saturated rings. The zero-order chi connectivity index (χ0) is 18.5. The third kappa shape index (κ3) is 3.91. The summed E-state index contributed by atoms with van der Waals surface area (Å²) in [5.41, 5.74) is 1.35. The number of carbonyl (C=O) groups is 1. The van der Waals surface area contributed by atoms with Crippen molar-refractivity contribution in [2.45, 2.75) is 26.3 Å². The summed E-state index contributed by atoms with van der Waals surface area (Å²) >= 11 is 0. The van der Waals surface area contributed by atoms with Crippen LogP contribution in [0.15, 0.2) is 53.3 Å². The van der Waals surface area contributed by atoms with Gasteiger partial charge in [-0.2, -0.15) is 0 Å². The lowest BCUT2D eigenvalue weighted by Crippen LogP contribution is -2.24. The summed E-state index contributed by atoms with van der Waals surface area (Å²) in [7, 11) is 1.60. The highest BCUT2D eigenvalue weighted by Gasteiger charge is 2.09. The Morgan fingerprint density at radius 1 is 1.15 bits per heavy atom. The van der Waals surface area contributed by atoms with E-state index in [1.807, 2.05) is 25.1 Å². The van der Waals surface area contributed by atoms with E-state index < -0.39 is 0 Å². The highest BCUT2D eigenvalue weighted by atomic mass is 16.5. The molecular weight excluding hydrogens is 330 g/mol. The van der Waals surface area contributed by atoms with Crippen LogP contribution in [0, 0.1) is 6.92 Å². The Morgan fingerprint density at radius 3 is 2.62 bits per heavy atom. The molecule has 3 rings (SSSR count). The lowest BCUT2D eigenvalue weighted by Gasteiger charge is -2.11. The van der Waals surface area contributed by atoms with E-state index in [9.17, 15) is 9.59 Å². The molecule has 1 aromatic heterocycles. The van der Waals surface area contributed by atoms with Crippen LogP contribution in [0.5, 0.6) is 5.75 Å². The minimum atomic E-state index is -0.0883. The van der Waals surface area contributed by atoms with Crippen molar-refractivity contribution in [1.29, 1.82) is 0 Å². The maximum Gasteiger partial charge on any atom is 0.261 e. The van der Waals surface area contributed by atoms with Gasteiger partial charge in [-0.05, 0) is 49.7 Å². The van der Waals surface area contributed by atoms with Gasteiger partial charge in [0.05, 0.1) is 18.0 Å². The normalized spacial score (nSPS) is 10.7. The molecule has 1 heterocycles. The summed E-state index contributed by atoms with van der Waals surface area (Å²) in [4.78, 5) is 29.1. The number of hydrogen-bond acceptors (Lipinski definition) is 4. The van der Waals surface area contributed by atoms with Crippen molar-refractivity contribution < 1.29 is 9.53 Å². The maximum absolute atomic E-state index is 12.6. The Hall–Kier alpha value is -3.15. The molecule has 1 amide bonds. The Labute approximate surface area is 151 Å². The number of hydrogen-bond donors (Lipinski definition) is 1. The van der Waals surface area contributed by atoms with Crippen LogP contribution in [0.3, 0.4) is 0 Å². The smallest absolute Gasteiger partial charge is 0.261 e. The molecule has 0 saturated carbocycles. The summed E-state index contributed by atoms with van der Waals surface area (Å²) in [6, 6.07) is 14.5. The fraction of sp³-hybridized carbons (Fsp3) is 0.250. The number of rotatable bonds is 6. The molecule has 0 aliphatic rings. The number of nitrogens with zero attached hydrogens (tertiary/aromatic N) is 2. The molecule has 0 unspecified atom stereocenters. The van der Waals surface area contributed by atoms with Crippen LogP contribution >= 0.6 is 0 Å². The van der Waals surface area contributed by atoms with Crippen LogP contribution in [0.1, 0.15) is 18.7 Å². The van der Waals surface area contributed by atoms with Gasteiger partial charge >= 0.3 is 0 Å². The van der Waals surface area contributed by atoms with Gasteiger partial charge in [-0.25, -0.2) is 4.98 Å². The van der Waals surface area contributed by atoms with Gasteiger partial charge in [0.1, 0.15) is 11.6 Å². The highest BCUT2D eigenvalue weighted by molar-refractivity contribution is 5.90. The molecule has 134 valence electrons. The lowest BCUT2D eigenvalue weighted by molar-refractivity contribution is -0.116. The molecule has 0 saturated heterocycles. The van der Waals surface area contributed by atoms with Crippen molar-refractivity contribution in [2.75, 3.05) is 12.4 Å². The molecule has 3 aromatic rings. The summed E-state index contributed by atoms with van der Waals surface area (Å²) in [6.45, 7) is 2.27. The van der Waals surface area contributed by atoms with Crippen LogP contribution in [-0.4, -0.2) is 22.6 Å². The number of ether oxygens (including phenoxy) is 1. The number of anilines is 1. The summed E-state index contributed by atoms with van der Waals surface area (Å²) < 4.78 is 6.72. The van der Waals surface area contributed by atoms with Gasteiger partial charge < -0.3 is 10.1 Å². The van der Waals surface area contributed by atoms with Crippen molar-refractivity contribution in [3.05, 3.63) is 64.7 Å². The number of nitrogens with one attached hydrogen (secondary N) is 1. The van der Waals surface area contributed by atoms with Crippen molar-refractivity contribution in [3.63, 3.8) is 0 Å². The molecule has 26 heavy (non-hydrogen) atoms. The number of para-hydroxylation sites is 1. The number of amides is 1. The predicted octanol–water partition coefficient (Wildman–Crippen LogP) is 3.13. The molecule has 2 aromatic carbocycles. The molecule has 1 N–H and O–H groups in total. The van der Waals surface area contributed by atoms with Crippen LogP contribution < -0.4 is 15.6 Å². The van der Waals surface area contributed by atoms with Gasteiger partial charge in [0.15, 0.2) is 0 Å². The standard InChI is InChI=1S/C20H21N3O3/c1-14-21-18-7-4-3-6-17(18)20(25)23(14)13-5-8-19(24)22-15-9-11-16(26-2)12-10-15/h3-4,6-7,9-12H,5,8,13H2,1-2H3,(H,22,24). The fourth-order valence-electron chi connectivity index (χ4n) is 2.84. The lowest BCUT2D eigenvalue weighted by atomic mass is 10.2. The van der Waals surface area contributed by atoms with Crippen LogP contribution in [0.4, 0.5) is 5.69 Å². The fourth-order valence-corrected chi connectivity index (χ4v) is 2.84. The highest BCUT2D eigenvalue weighted by Crippen LogP contribution is 2.15. The van der Waals surface area contributed by atoms with Gasteiger partial charge in [-0.3, -0.25) is 14.2 Å². The second kappa shape index (κ2) is 7.82. The van der Waals surface area contributed by atoms with E-state index in [0.29, 0.717) is 36.1 Å². The van der Waals surface area contributed by atoms with Crippen LogP contribution in [-0.2, 0) is 11.3 Å². The first-order valence-corrected chi connectivity index (χ1v) is 8.48. The van der Waals surface area contributed by atoms with E-state index in [2.05, 4.69) is 10.3 Å². The molecule has 0 atom stereocenters. The van der Waals surface area contributed by atoms with Crippen LogP contribution in [0.2, 0.25) is 0 Å². The first-order valence-electron chi connectivity index (χ1n) is 8.48. The van der Waals surface area contributed by atoms with Gasteiger partial charge in [0, 0.05) is 18.7 Å². The van der Waals surface area contributed by atoms with Gasteiger partial charge in [-0.15, -0.1) is 0 Å². The number of aryl methyl sites for hydroxylation is 1. The van der Waals surface area contributed by atoms with Gasteiger partial charge in [0.25, 0.3) is 5.56 Å². The Balaban J connectivity index is 1.61. The summed E-state index contributed by atoms with van der Waals surface area (Å²) in [5.74, 6) is 1.31. The van der Waals surface area contributed by atoms with E-state index in [-0.39, 0.29) is 11.5 Å². The number of methoxy groups -OCH3 is 1. The molecule has 0 spiro atoms. The molecule has 0 radical (unpaired) electrons. The van der Waals surface area contributed by atoms with E-state index in [1.165, 1.54) is 0 Å². The largest absolute Gasteiger partial charge is 0.497 e. The summed E-state index contributed by atoms with van der Waals surface area (Å²) in [5, 5.41) is 3.44. The monoisotopic (exact) mass is 351 g/mol. The molecule has 0 aliphatic heterocycles. The first kappa shape index (κ1) is 17.7. The van der Waals surface area contributed by atoms with E-state index >= 15 is 0 Å². The number of fused-ring (bicyclic) bond motifs is 1. The minimum Gasteiger partial charge on any atom is -0.497 e. The van der Waals surface area contributed by atoms with Crippen LogP contribution in [0.25, 0.3) is 10.9 Å². The van der Waals surface area contributed by atoms with Crippen molar-refractivity contribution in [2.24, 2.45) is 0 Å². The van der Waals surface area contributed by atoms with E-state index in [1.54, 1.807) is 42.0 Å². The number of benzene rings is 2. The Bertz CT molecular complexity index is 978. The predicted molar refractivity (Wildman–Crippen MR) is 102 cm³/mol. The van der Waals surface area contributed by atoms with Crippen molar-refractivity contribution >= 4 is 22.5 Å². The van der Waals surface area contributed by atoms with Gasteiger partial charge in [0.2, 0.25) is 5.91 Å². The minimum absolute atomic E-state index is 0.0661. The number of aromatic nitrogens is 2. The topological polar surface area (TPSA) is 73.2 Å². The zero-order valence-electron chi connectivity index (χ0n) is 14.9. The SMILES string of the molecule is COc1ccc(NC(=O)CCCn2c(C)nc3ccccc3c2=O)cc1. The maximum atomic E-state index is 12.6. The molecule has 6 heteroatoms. The van der Waals surface area contributed by atoms with Gasteiger partial charge in [-0.1, -0.05) is 12.1 Å². The van der Waals surface area contributed by atoms with Crippen molar-refractivity contribution in [1.82, 2.24) is 9.55 Å². The Kier molecular flexibility index (Phi) is 5.31. The molecular formula is C20H21N3O3. The first-order chi connectivity index (χ1) is 12.6. The van der Waals surface area contributed by atoms with E-state index in [0.717, 1.165) is 11.4 Å². The zero-order valence-corrected chi connectivity index (χ0v) is 14.9.